The van der Waals surface area contributed by atoms with E-state index < -0.39 is 0 Å². The average Bonchev–Trinajstić information content (AvgIpc) is 3.11. The summed E-state index contributed by atoms with van der Waals surface area (Å²) >= 11 is 0. The fourth-order valence-corrected chi connectivity index (χ4v) is 2.39. The van der Waals surface area contributed by atoms with E-state index in [4.69, 9.17) is 9.37 Å². The summed E-state index contributed by atoms with van der Waals surface area (Å²) in [5, 5.41) is 10.5. The Bertz CT molecular complexity index is 855. The van der Waals surface area contributed by atoms with Gasteiger partial charge in [0.15, 0.2) is 5.69 Å². The highest BCUT2D eigenvalue weighted by Crippen LogP contribution is 2.26. The van der Waals surface area contributed by atoms with E-state index in [0.717, 1.165) is 29.7 Å². The molecule has 3 aromatic rings. The molecule has 0 aliphatic rings. The van der Waals surface area contributed by atoms with Crippen molar-refractivity contribution in [2.45, 2.75) is 26.7 Å². The van der Waals surface area contributed by atoms with E-state index in [1.807, 2.05) is 43.3 Å². The molecule has 0 bridgehead atoms. The predicted molar refractivity (Wildman–Crippen MR) is 99.3 cm³/mol. The zero-order chi connectivity index (χ0) is 18.4. The van der Waals surface area contributed by atoms with Crippen LogP contribution >= 0.6 is 0 Å². The molecule has 26 heavy (non-hydrogen) atoms. The number of ether oxygens (including phenoxy) is 1. The van der Waals surface area contributed by atoms with Crippen LogP contribution in [0.4, 0.5) is 5.82 Å². The lowest BCUT2D eigenvalue weighted by atomic mass is 10.1. The van der Waals surface area contributed by atoms with E-state index in [0.29, 0.717) is 17.9 Å². The third-order valence-corrected chi connectivity index (χ3v) is 3.93. The fourth-order valence-electron chi connectivity index (χ4n) is 2.39. The van der Waals surface area contributed by atoms with Crippen molar-refractivity contribution in [3.05, 3.63) is 59.7 Å². The molecule has 0 saturated carbocycles. The smallest absolute Gasteiger partial charge is 0.256 e. The highest BCUT2D eigenvalue weighted by molar-refractivity contribution is 6.05. The Balaban J connectivity index is 1.71. The Labute approximate surface area is 152 Å². The van der Waals surface area contributed by atoms with Gasteiger partial charge < -0.3 is 10.1 Å². The van der Waals surface area contributed by atoms with E-state index in [1.165, 1.54) is 0 Å². The maximum atomic E-state index is 12.4. The van der Waals surface area contributed by atoms with Gasteiger partial charge in [-0.05, 0) is 60.1 Å². The van der Waals surface area contributed by atoms with Crippen LogP contribution in [0.25, 0.3) is 11.3 Å². The Morgan fingerprint density at radius 3 is 2.50 bits per heavy atom. The lowest BCUT2D eigenvalue weighted by molar-refractivity contribution is 0.102. The summed E-state index contributed by atoms with van der Waals surface area (Å²) in [6.07, 6.45) is 2.11. The van der Waals surface area contributed by atoms with Gasteiger partial charge in [-0.25, -0.2) is 4.63 Å². The van der Waals surface area contributed by atoms with Crippen LogP contribution < -0.4 is 10.1 Å². The topological polar surface area (TPSA) is 77.2 Å². The van der Waals surface area contributed by atoms with E-state index >= 15 is 0 Å². The normalized spacial score (nSPS) is 10.5. The standard InChI is InChI=1S/C20H21N3O3/c1-3-4-13-25-17-11-9-15(10-12-17)18-19(23-26-22-18)21-20(24)16-7-5-14(2)6-8-16/h5-12H,3-4,13H2,1-2H3,(H,21,23,24). The minimum Gasteiger partial charge on any atom is -0.494 e. The lowest BCUT2D eigenvalue weighted by Crippen LogP contribution is -2.12. The molecule has 0 spiro atoms. The van der Waals surface area contributed by atoms with E-state index in [1.54, 1.807) is 12.1 Å². The third-order valence-electron chi connectivity index (χ3n) is 3.93. The second-order valence-electron chi connectivity index (χ2n) is 6.01. The number of unbranched alkanes of at least 4 members (excludes halogenated alkanes) is 1. The summed E-state index contributed by atoms with van der Waals surface area (Å²) in [5.41, 5.74) is 2.90. The molecule has 1 amide bonds. The maximum Gasteiger partial charge on any atom is 0.256 e. The van der Waals surface area contributed by atoms with Gasteiger partial charge in [0.25, 0.3) is 5.91 Å². The molecule has 134 valence electrons. The molecule has 0 radical (unpaired) electrons. The minimum atomic E-state index is -0.263. The first-order valence-electron chi connectivity index (χ1n) is 8.61. The zero-order valence-electron chi connectivity index (χ0n) is 14.9. The second kappa shape index (κ2) is 8.29. The van der Waals surface area contributed by atoms with Crippen molar-refractivity contribution >= 4 is 11.7 Å². The van der Waals surface area contributed by atoms with Crippen LogP contribution in [0.15, 0.2) is 53.2 Å². The first-order valence-corrected chi connectivity index (χ1v) is 8.61. The SMILES string of the molecule is CCCCOc1ccc(-c2nonc2NC(=O)c2ccc(C)cc2)cc1. The molecular weight excluding hydrogens is 330 g/mol. The number of benzene rings is 2. The van der Waals surface area contributed by atoms with Gasteiger partial charge in [0.2, 0.25) is 5.82 Å². The summed E-state index contributed by atoms with van der Waals surface area (Å²) in [7, 11) is 0. The third kappa shape index (κ3) is 4.27. The number of nitrogens with zero attached hydrogens (tertiary/aromatic N) is 2. The van der Waals surface area contributed by atoms with Crippen molar-refractivity contribution in [1.82, 2.24) is 10.3 Å². The van der Waals surface area contributed by atoms with Crippen molar-refractivity contribution in [3.63, 3.8) is 0 Å². The summed E-state index contributed by atoms with van der Waals surface area (Å²) in [6.45, 7) is 4.78. The second-order valence-corrected chi connectivity index (χ2v) is 6.01. The van der Waals surface area contributed by atoms with Crippen LogP contribution in [0.1, 0.15) is 35.7 Å². The molecule has 0 atom stereocenters. The fraction of sp³-hybridized carbons (Fsp3) is 0.250. The van der Waals surface area contributed by atoms with Gasteiger partial charge in [-0.15, -0.1) is 0 Å². The number of rotatable bonds is 7. The molecule has 0 unspecified atom stereocenters. The number of carbonyl (C=O) groups excluding carboxylic acids is 1. The molecule has 0 fully saturated rings. The largest absolute Gasteiger partial charge is 0.494 e. The van der Waals surface area contributed by atoms with Gasteiger partial charge in [-0.2, -0.15) is 0 Å². The van der Waals surface area contributed by atoms with Crippen molar-refractivity contribution in [3.8, 4) is 17.0 Å². The first kappa shape index (κ1) is 17.7. The van der Waals surface area contributed by atoms with E-state index in [9.17, 15) is 4.79 Å². The van der Waals surface area contributed by atoms with Crippen LogP contribution in [0.5, 0.6) is 5.75 Å². The lowest BCUT2D eigenvalue weighted by Gasteiger charge is -2.06. The van der Waals surface area contributed by atoms with Crippen LogP contribution in [0.3, 0.4) is 0 Å². The molecule has 6 nitrogen and oxygen atoms in total. The molecular formula is C20H21N3O3. The molecule has 1 aromatic heterocycles. The number of carbonyl (C=O) groups is 1. The number of amides is 1. The number of hydrogen-bond donors (Lipinski definition) is 1. The quantitative estimate of drug-likeness (QED) is 0.635. The summed E-state index contributed by atoms with van der Waals surface area (Å²) in [6, 6.07) is 14.8. The Morgan fingerprint density at radius 1 is 1.08 bits per heavy atom. The maximum absolute atomic E-state index is 12.4. The highest BCUT2D eigenvalue weighted by Gasteiger charge is 2.16. The molecule has 1 heterocycles. The van der Waals surface area contributed by atoms with Gasteiger partial charge in [0.05, 0.1) is 6.61 Å². The highest BCUT2D eigenvalue weighted by atomic mass is 16.6. The number of nitrogens with one attached hydrogen (secondary N) is 1. The van der Waals surface area contributed by atoms with Crippen molar-refractivity contribution in [2.24, 2.45) is 0 Å². The van der Waals surface area contributed by atoms with Crippen LogP contribution in [-0.2, 0) is 0 Å². The first-order chi connectivity index (χ1) is 12.7. The van der Waals surface area contributed by atoms with Gasteiger partial charge in [0.1, 0.15) is 5.75 Å². The summed E-state index contributed by atoms with van der Waals surface area (Å²) in [5.74, 6) is 0.820. The number of anilines is 1. The van der Waals surface area contributed by atoms with Crippen molar-refractivity contribution in [2.75, 3.05) is 11.9 Å². The van der Waals surface area contributed by atoms with Gasteiger partial charge in [-0.3, -0.25) is 4.79 Å². The van der Waals surface area contributed by atoms with Gasteiger partial charge in [0, 0.05) is 11.1 Å². The molecule has 6 heteroatoms. The van der Waals surface area contributed by atoms with Crippen molar-refractivity contribution < 1.29 is 14.2 Å². The predicted octanol–water partition coefficient (Wildman–Crippen LogP) is 4.48. The molecule has 0 saturated heterocycles. The van der Waals surface area contributed by atoms with Gasteiger partial charge >= 0.3 is 0 Å². The molecule has 1 N–H and O–H groups in total. The van der Waals surface area contributed by atoms with Crippen LogP contribution in [0.2, 0.25) is 0 Å². The molecule has 2 aromatic carbocycles. The van der Waals surface area contributed by atoms with E-state index in [2.05, 4.69) is 22.6 Å². The number of hydrogen-bond acceptors (Lipinski definition) is 5. The average molecular weight is 351 g/mol. The Kier molecular flexibility index (Phi) is 5.63. The molecule has 0 aliphatic carbocycles. The molecule has 3 rings (SSSR count). The summed E-state index contributed by atoms with van der Waals surface area (Å²) < 4.78 is 10.5. The Morgan fingerprint density at radius 2 is 1.81 bits per heavy atom. The van der Waals surface area contributed by atoms with E-state index in [-0.39, 0.29) is 11.7 Å². The minimum absolute atomic E-state index is 0.263. The van der Waals surface area contributed by atoms with Gasteiger partial charge in [-0.1, -0.05) is 31.0 Å². The molecule has 0 aliphatic heterocycles. The monoisotopic (exact) mass is 351 g/mol. The van der Waals surface area contributed by atoms with Crippen LogP contribution in [-0.4, -0.2) is 22.8 Å². The number of aromatic nitrogens is 2. The van der Waals surface area contributed by atoms with Crippen molar-refractivity contribution in [1.29, 1.82) is 0 Å². The Hall–Kier alpha value is -3.15. The summed E-state index contributed by atoms with van der Waals surface area (Å²) in [4.78, 5) is 12.4. The number of aryl methyl sites for hydroxylation is 1. The zero-order valence-corrected chi connectivity index (χ0v) is 14.9. The van der Waals surface area contributed by atoms with Crippen LogP contribution in [0, 0.1) is 6.92 Å².